The molecular weight excluding hydrogens is 327 g/mol. The summed E-state index contributed by atoms with van der Waals surface area (Å²) in [5, 5.41) is 10.5. The minimum Gasteiger partial charge on any atom is -0.390 e. The van der Waals surface area contributed by atoms with Crippen LogP contribution in [0.3, 0.4) is 0 Å². The quantitative estimate of drug-likeness (QED) is 0.852. The molecule has 0 aliphatic heterocycles. The van der Waals surface area contributed by atoms with Crippen LogP contribution >= 0.6 is 22.6 Å². The van der Waals surface area contributed by atoms with E-state index in [9.17, 15) is 5.11 Å². The molecule has 1 saturated carbocycles. The fourth-order valence-corrected chi connectivity index (χ4v) is 2.88. The van der Waals surface area contributed by atoms with Crippen molar-refractivity contribution in [2.24, 2.45) is 0 Å². The average molecular weight is 346 g/mol. The molecule has 1 aromatic rings. The lowest BCUT2D eigenvalue weighted by atomic mass is 9.79. The molecule has 0 radical (unpaired) electrons. The van der Waals surface area contributed by atoms with Crippen molar-refractivity contribution < 1.29 is 9.84 Å². The topological polar surface area (TPSA) is 29.5 Å². The van der Waals surface area contributed by atoms with Gasteiger partial charge in [0.05, 0.1) is 11.7 Å². The third kappa shape index (κ3) is 3.66. The maximum absolute atomic E-state index is 10.5. The number of hydrogen-bond donors (Lipinski definition) is 1. The third-order valence-corrected chi connectivity index (χ3v) is 4.36. The highest BCUT2D eigenvalue weighted by Gasteiger charge is 2.33. The molecule has 0 amide bonds. The number of benzene rings is 1. The fourth-order valence-electron chi connectivity index (χ4n) is 2.52. The lowest BCUT2D eigenvalue weighted by Gasteiger charge is -2.35. The van der Waals surface area contributed by atoms with E-state index < -0.39 is 5.60 Å². The second-order valence-electron chi connectivity index (χ2n) is 4.96. The molecule has 0 spiro atoms. The molecule has 0 atom stereocenters. The number of rotatable bonds is 3. The van der Waals surface area contributed by atoms with Crippen LogP contribution in [0.5, 0.6) is 0 Å². The third-order valence-electron chi connectivity index (χ3n) is 3.64. The molecule has 1 aliphatic carbocycles. The van der Waals surface area contributed by atoms with Crippen LogP contribution in [0, 0.1) is 3.57 Å². The van der Waals surface area contributed by atoms with E-state index in [2.05, 4.69) is 46.9 Å². The Morgan fingerprint density at radius 2 is 1.88 bits per heavy atom. The summed E-state index contributed by atoms with van der Waals surface area (Å²) in [4.78, 5) is 0. The summed E-state index contributed by atoms with van der Waals surface area (Å²) in [5.74, 6) is 0. The van der Waals surface area contributed by atoms with Gasteiger partial charge in [0.25, 0.3) is 0 Å². The molecule has 1 aromatic carbocycles. The maximum atomic E-state index is 10.5. The van der Waals surface area contributed by atoms with Crippen molar-refractivity contribution in [2.45, 2.75) is 43.8 Å². The Kier molecular flexibility index (Phi) is 4.44. The van der Waals surface area contributed by atoms with Gasteiger partial charge in [0.1, 0.15) is 0 Å². The molecule has 1 fully saturated rings. The Morgan fingerprint density at radius 3 is 2.41 bits per heavy atom. The Labute approximate surface area is 117 Å². The first-order chi connectivity index (χ1) is 8.11. The monoisotopic (exact) mass is 346 g/mol. The summed E-state index contributed by atoms with van der Waals surface area (Å²) in [7, 11) is 1.76. The van der Waals surface area contributed by atoms with Crippen molar-refractivity contribution in [1.29, 1.82) is 0 Å². The van der Waals surface area contributed by atoms with Crippen LogP contribution in [-0.2, 0) is 11.2 Å². The van der Waals surface area contributed by atoms with Gasteiger partial charge in [0.2, 0.25) is 0 Å². The number of halogens is 1. The summed E-state index contributed by atoms with van der Waals surface area (Å²) in [5.41, 5.74) is 0.700. The van der Waals surface area contributed by atoms with Gasteiger partial charge in [-0.05, 0) is 66.0 Å². The molecule has 94 valence electrons. The Morgan fingerprint density at radius 1 is 1.29 bits per heavy atom. The molecule has 0 bridgehead atoms. The van der Waals surface area contributed by atoms with E-state index in [1.807, 2.05) is 0 Å². The second kappa shape index (κ2) is 5.67. The van der Waals surface area contributed by atoms with Crippen LogP contribution in [0.2, 0.25) is 0 Å². The number of ether oxygens (including phenoxy) is 1. The van der Waals surface area contributed by atoms with Crippen LogP contribution in [0.15, 0.2) is 24.3 Å². The first-order valence-corrected chi connectivity index (χ1v) is 7.19. The van der Waals surface area contributed by atoms with Gasteiger partial charge >= 0.3 is 0 Å². The molecule has 0 heterocycles. The van der Waals surface area contributed by atoms with Gasteiger partial charge in [-0.25, -0.2) is 0 Å². The summed E-state index contributed by atoms with van der Waals surface area (Å²) in [6.45, 7) is 0. The molecule has 17 heavy (non-hydrogen) atoms. The normalized spacial score (nSPS) is 29.2. The van der Waals surface area contributed by atoms with E-state index in [0.29, 0.717) is 6.10 Å². The predicted octanol–water partition coefficient (Wildman–Crippen LogP) is 3.15. The van der Waals surface area contributed by atoms with Crippen molar-refractivity contribution in [3.05, 3.63) is 33.4 Å². The molecule has 0 aromatic heterocycles. The van der Waals surface area contributed by atoms with Gasteiger partial charge < -0.3 is 9.84 Å². The summed E-state index contributed by atoms with van der Waals surface area (Å²) < 4.78 is 6.58. The maximum Gasteiger partial charge on any atom is 0.0689 e. The molecule has 2 rings (SSSR count). The highest BCUT2D eigenvalue weighted by Crippen LogP contribution is 2.32. The summed E-state index contributed by atoms with van der Waals surface area (Å²) >= 11 is 2.30. The lowest BCUT2D eigenvalue weighted by Crippen LogP contribution is -2.38. The minimum absolute atomic E-state index is 0.340. The van der Waals surface area contributed by atoms with Crippen molar-refractivity contribution in [1.82, 2.24) is 0 Å². The highest BCUT2D eigenvalue weighted by atomic mass is 127. The summed E-state index contributed by atoms with van der Waals surface area (Å²) in [6.07, 6.45) is 4.73. The lowest BCUT2D eigenvalue weighted by molar-refractivity contribution is -0.0427. The number of hydrogen-bond acceptors (Lipinski definition) is 2. The van der Waals surface area contributed by atoms with Crippen LogP contribution in [-0.4, -0.2) is 23.9 Å². The van der Waals surface area contributed by atoms with Gasteiger partial charge in [-0.2, -0.15) is 0 Å². The molecule has 1 aliphatic rings. The summed E-state index contributed by atoms with van der Waals surface area (Å²) in [6, 6.07) is 8.42. The van der Waals surface area contributed by atoms with E-state index in [0.717, 1.165) is 32.1 Å². The Balaban J connectivity index is 1.96. The minimum atomic E-state index is -0.526. The predicted molar refractivity (Wildman–Crippen MR) is 77.1 cm³/mol. The van der Waals surface area contributed by atoms with Crippen LogP contribution in [0.1, 0.15) is 31.2 Å². The van der Waals surface area contributed by atoms with Crippen molar-refractivity contribution in [3.63, 3.8) is 0 Å². The standard InChI is InChI=1S/C14H19IO2/c1-17-13-6-8-14(16,9-7-13)10-11-2-4-12(15)5-3-11/h2-5,13,16H,6-10H2,1H3. The zero-order valence-electron chi connectivity index (χ0n) is 10.2. The van der Waals surface area contributed by atoms with Gasteiger partial charge in [-0.1, -0.05) is 12.1 Å². The largest absolute Gasteiger partial charge is 0.390 e. The molecule has 0 unspecified atom stereocenters. The number of aliphatic hydroxyl groups is 1. The SMILES string of the molecule is COC1CCC(O)(Cc2ccc(I)cc2)CC1. The highest BCUT2D eigenvalue weighted by molar-refractivity contribution is 14.1. The van der Waals surface area contributed by atoms with Gasteiger partial charge in [0.15, 0.2) is 0 Å². The molecule has 0 saturated heterocycles. The van der Waals surface area contributed by atoms with Crippen LogP contribution in [0.4, 0.5) is 0 Å². The number of methoxy groups -OCH3 is 1. The zero-order valence-corrected chi connectivity index (χ0v) is 12.3. The Bertz CT molecular complexity index is 353. The van der Waals surface area contributed by atoms with Crippen molar-refractivity contribution in [3.8, 4) is 0 Å². The van der Waals surface area contributed by atoms with Crippen LogP contribution in [0.25, 0.3) is 0 Å². The average Bonchev–Trinajstić information content (AvgIpc) is 2.33. The molecule has 2 nitrogen and oxygen atoms in total. The smallest absolute Gasteiger partial charge is 0.0689 e. The fraction of sp³-hybridized carbons (Fsp3) is 0.571. The Hall–Kier alpha value is -0.130. The van der Waals surface area contributed by atoms with Crippen molar-refractivity contribution >= 4 is 22.6 Å². The van der Waals surface area contributed by atoms with Crippen LogP contribution < -0.4 is 0 Å². The van der Waals surface area contributed by atoms with E-state index >= 15 is 0 Å². The van der Waals surface area contributed by atoms with Gasteiger partial charge in [0, 0.05) is 17.1 Å². The van der Waals surface area contributed by atoms with Gasteiger partial charge in [-0.3, -0.25) is 0 Å². The van der Waals surface area contributed by atoms with E-state index in [1.54, 1.807) is 7.11 Å². The molecule has 3 heteroatoms. The molecule has 1 N–H and O–H groups in total. The first kappa shape index (κ1) is 13.3. The zero-order chi connectivity index (χ0) is 12.3. The van der Waals surface area contributed by atoms with E-state index in [1.165, 1.54) is 9.13 Å². The van der Waals surface area contributed by atoms with E-state index in [-0.39, 0.29) is 0 Å². The first-order valence-electron chi connectivity index (χ1n) is 6.11. The van der Waals surface area contributed by atoms with Gasteiger partial charge in [-0.15, -0.1) is 0 Å². The molecular formula is C14H19IO2. The second-order valence-corrected chi connectivity index (χ2v) is 6.21. The van der Waals surface area contributed by atoms with E-state index in [4.69, 9.17) is 4.74 Å². The van der Waals surface area contributed by atoms with Crippen molar-refractivity contribution in [2.75, 3.05) is 7.11 Å².